The molecule has 0 fully saturated rings. The van der Waals surface area contributed by atoms with Gasteiger partial charge in [0.1, 0.15) is 11.8 Å². The number of nitrogens with zero attached hydrogens (tertiary/aromatic N) is 1. The van der Waals surface area contributed by atoms with E-state index in [4.69, 9.17) is 16.3 Å². The number of halogens is 2. The maximum Gasteiger partial charge on any atom is 0.261 e. The van der Waals surface area contributed by atoms with E-state index in [2.05, 4.69) is 21.2 Å². The Bertz CT molecular complexity index is 906. The average Bonchev–Trinajstić information content (AvgIpc) is 2.75. The Morgan fingerprint density at radius 2 is 1.87 bits per heavy atom. The lowest BCUT2D eigenvalue weighted by Gasteiger charge is -2.31. The van der Waals surface area contributed by atoms with Crippen molar-refractivity contribution in [1.82, 2.24) is 10.2 Å². The van der Waals surface area contributed by atoms with E-state index in [1.165, 1.54) is 0 Å². The fraction of sp³-hybridized carbons (Fsp3) is 0.417. The standard InChI is InChI=1S/C24H30BrClN2O3/c1-5-17(4)27-24(30)22(6-2)28(14-18-9-7-8-10-21(18)26)23(29)15-31-19-11-12-20(25)16(3)13-19/h7-13,17,22H,5-6,14-15H2,1-4H3,(H,27,30)/t17-,22+/m1/s1. The van der Waals surface area contributed by atoms with Gasteiger partial charge in [0, 0.05) is 22.1 Å². The van der Waals surface area contributed by atoms with E-state index < -0.39 is 6.04 Å². The normalized spacial score (nSPS) is 12.7. The number of ether oxygens (including phenoxy) is 1. The number of aryl methyl sites for hydroxylation is 1. The SMILES string of the molecule is CC[C@@H](C)NC(=O)[C@H](CC)N(Cc1ccccc1Cl)C(=O)COc1ccc(Br)c(C)c1. The molecule has 0 aromatic heterocycles. The molecule has 2 atom stereocenters. The van der Waals surface area contributed by atoms with E-state index in [-0.39, 0.29) is 31.0 Å². The largest absolute Gasteiger partial charge is 0.484 e. The zero-order valence-corrected chi connectivity index (χ0v) is 20.8. The molecule has 0 bridgehead atoms. The van der Waals surface area contributed by atoms with Gasteiger partial charge in [0.2, 0.25) is 5.91 Å². The molecule has 0 heterocycles. The molecule has 2 aromatic carbocycles. The van der Waals surface area contributed by atoms with Gasteiger partial charge in [-0.2, -0.15) is 0 Å². The van der Waals surface area contributed by atoms with Crippen LogP contribution in [0.5, 0.6) is 5.75 Å². The van der Waals surface area contributed by atoms with Crippen LogP contribution in [-0.4, -0.2) is 35.4 Å². The van der Waals surface area contributed by atoms with Gasteiger partial charge in [-0.1, -0.05) is 59.6 Å². The monoisotopic (exact) mass is 508 g/mol. The summed E-state index contributed by atoms with van der Waals surface area (Å²) >= 11 is 9.80. The molecule has 0 aliphatic carbocycles. The predicted octanol–water partition coefficient (Wildman–Crippen LogP) is 5.51. The van der Waals surface area contributed by atoms with Crippen LogP contribution in [0.15, 0.2) is 46.9 Å². The number of rotatable bonds is 10. The van der Waals surface area contributed by atoms with Crippen molar-refractivity contribution >= 4 is 39.3 Å². The van der Waals surface area contributed by atoms with Crippen molar-refractivity contribution in [2.75, 3.05) is 6.61 Å². The molecule has 2 amide bonds. The minimum Gasteiger partial charge on any atom is -0.484 e. The zero-order chi connectivity index (χ0) is 23.0. The van der Waals surface area contributed by atoms with Crippen molar-refractivity contribution in [1.29, 1.82) is 0 Å². The van der Waals surface area contributed by atoms with E-state index in [0.29, 0.717) is 17.2 Å². The van der Waals surface area contributed by atoms with Crippen LogP contribution < -0.4 is 10.1 Å². The van der Waals surface area contributed by atoms with Crippen LogP contribution in [-0.2, 0) is 16.1 Å². The van der Waals surface area contributed by atoms with Gasteiger partial charge < -0.3 is 15.0 Å². The lowest BCUT2D eigenvalue weighted by molar-refractivity contribution is -0.143. The number of hydrogen-bond acceptors (Lipinski definition) is 3. The van der Waals surface area contributed by atoms with Crippen molar-refractivity contribution in [3.05, 3.63) is 63.1 Å². The quantitative estimate of drug-likeness (QED) is 0.459. The van der Waals surface area contributed by atoms with Gasteiger partial charge in [0.25, 0.3) is 5.91 Å². The average molecular weight is 510 g/mol. The molecule has 0 saturated carbocycles. The third-order valence-electron chi connectivity index (χ3n) is 5.18. The highest BCUT2D eigenvalue weighted by Crippen LogP contribution is 2.23. The highest BCUT2D eigenvalue weighted by Gasteiger charge is 2.30. The Kier molecular flexibility index (Phi) is 9.85. The van der Waals surface area contributed by atoms with E-state index in [0.717, 1.165) is 22.0 Å². The highest BCUT2D eigenvalue weighted by molar-refractivity contribution is 9.10. The smallest absolute Gasteiger partial charge is 0.261 e. The summed E-state index contributed by atoms with van der Waals surface area (Å²) in [4.78, 5) is 27.7. The third-order valence-corrected chi connectivity index (χ3v) is 6.44. The summed E-state index contributed by atoms with van der Waals surface area (Å²) < 4.78 is 6.72. The first-order chi connectivity index (χ1) is 14.8. The number of carbonyl (C=O) groups is 2. The zero-order valence-electron chi connectivity index (χ0n) is 18.5. The van der Waals surface area contributed by atoms with Gasteiger partial charge in [-0.3, -0.25) is 9.59 Å². The first-order valence-electron chi connectivity index (χ1n) is 10.5. The molecule has 7 heteroatoms. The Morgan fingerprint density at radius 1 is 1.16 bits per heavy atom. The van der Waals surface area contributed by atoms with Crippen LogP contribution in [0.4, 0.5) is 0 Å². The van der Waals surface area contributed by atoms with Gasteiger partial charge >= 0.3 is 0 Å². The van der Waals surface area contributed by atoms with Crippen LogP contribution in [0, 0.1) is 6.92 Å². The number of amides is 2. The molecule has 0 aliphatic rings. The van der Waals surface area contributed by atoms with E-state index in [9.17, 15) is 9.59 Å². The minimum atomic E-state index is -0.618. The van der Waals surface area contributed by atoms with Crippen molar-refractivity contribution in [3.63, 3.8) is 0 Å². The summed E-state index contributed by atoms with van der Waals surface area (Å²) in [5.41, 5.74) is 1.80. The molecule has 0 aliphatic heterocycles. The summed E-state index contributed by atoms with van der Waals surface area (Å²) in [5.74, 6) is 0.159. The molecular weight excluding hydrogens is 480 g/mol. The van der Waals surface area contributed by atoms with Crippen LogP contribution >= 0.6 is 27.5 Å². The fourth-order valence-electron chi connectivity index (χ4n) is 3.11. The predicted molar refractivity (Wildman–Crippen MR) is 128 cm³/mol. The van der Waals surface area contributed by atoms with E-state index in [1.54, 1.807) is 17.0 Å². The number of benzene rings is 2. The van der Waals surface area contributed by atoms with Gasteiger partial charge in [-0.15, -0.1) is 0 Å². The second-order valence-electron chi connectivity index (χ2n) is 7.55. The summed E-state index contributed by atoms with van der Waals surface area (Å²) in [6, 6.07) is 12.3. The summed E-state index contributed by atoms with van der Waals surface area (Å²) in [5, 5.41) is 3.55. The highest BCUT2D eigenvalue weighted by atomic mass is 79.9. The van der Waals surface area contributed by atoms with Gasteiger partial charge in [0.05, 0.1) is 0 Å². The van der Waals surface area contributed by atoms with Crippen LogP contribution in [0.2, 0.25) is 5.02 Å². The Hall–Kier alpha value is -2.05. The second kappa shape index (κ2) is 12.1. The molecule has 0 unspecified atom stereocenters. The maximum absolute atomic E-state index is 13.2. The van der Waals surface area contributed by atoms with Crippen molar-refractivity contribution < 1.29 is 14.3 Å². The number of hydrogen-bond donors (Lipinski definition) is 1. The maximum atomic E-state index is 13.2. The third kappa shape index (κ3) is 7.25. The molecule has 31 heavy (non-hydrogen) atoms. The van der Waals surface area contributed by atoms with Crippen LogP contribution in [0.3, 0.4) is 0 Å². The summed E-state index contributed by atoms with van der Waals surface area (Å²) in [6.07, 6.45) is 1.29. The topological polar surface area (TPSA) is 58.6 Å². The van der Waals surface area contributed by atoms with E-state index in [1.807, 2.05) is 58.0 Å². The van der Waals surface area contributed by atoms with Crippen molar-refractivity contribution in [3.8, 4) is 5.75 Å². The first-order valence-corrected chi connectivity index (χ1v) is 11.7. The van der Waals surface area contributed by atoms with Crippen LogP contribution in [0.1, 0.15) is 44.7 Å². The Morgan fingerprint density at radius 3 is 2.48 bits per heavy atom. The Labute approximate surface area is 198 Å². The fourth-order valence-corrected chi connectivity index (χ4v) is 3.55. The minimum absolute atomic E-state index is 0.0285. The molecule has 0 spiro atoms. The van der Waals surface area contributed by atoms with Gasteiger partial charge in [-0.05, 0) is 62.1 Å². The summed E-state index contributed by atoms with van der Waals surface area (Å²) in [7, 11) is 0. The Balaban J connectivity index is 2.24. The molecule has 1 N–H and O–H groups in total. The van der Waals surface area contributed by atoms with Crippen LogP contribution in [0.25, 0.3) is 0 Å². The molecule has 5 nitrogen and oxygen atoms in total. The second-order valence-corrected chi connectivity index (χ2v) is 8.82. The summed E-state index contributed by atoms with van der Waals surface area (Å²) in [6.45, 7) is 7.87. The molecular formula is C24H30BrClN2O3. The molecule has 2 aromatic rings. The molecule has 0 saturated heterocycles. The lowest BCUT2D eigenvalue weighted by Crippen LogP contribution is -2.51. The van der Waals surface area contributed by atoms with Gasteiger partial charge in [0.15, 0.2) is 6.61 Å². The van der Waals surface area contributed by atoms with Crippen molar-refractivity contribution in [2.24, 2.45) is 0 Å². The lowest BCUT2D eigenvalue weighted by atomic mass is 10.1. The van der Waals surface area contributed by atoms with Gasteiger partial charge in [-0.25, -0.2) is 0 Å². The van der Waals surface area contributed by atoms with Crippen molar-refractivity contribution in [2.45, 2.75) is 59.2 Å². The van der Waals surface area contributed by atoms with E-state index >= 15 is 0 Å². The first kappa shape index (κ1) is 25.2. The molecule has 2 rings (SSSR count). The molecule has 0 radical (unpaired) electrons. The number of nitrogens with one attached hydrogen (secondary N) is 1. The number of carbonyl (C=O) groups excluding carboxylic acids is 2. The molecule has 168 valence electrons.